The zero-order valence-electron chi connectivity index (χ0n) is 9.23. The van der Waals surface area contributed by atoms with Crippen LogP contribution in [0.1, 0.15) is 52.4 Å². The summed E-state index contributed by atoms with van der Waals surface area (Å²) in [6.45, 7) is 4.51. The highest BCUT2D eigenvalue weighted by molar-refractivity contribution is 5.73. The summed E-state index contributed by atoms with van der Waals surface area (Å²) < 4.78 is 31.7. The number of rotatable bonds is 5. The molecule has 0 spiro atoms. The predicted molar refractivity (Wildman–Crippen MR) is 52.7 cm³/mol. The smallest absolute Gasteiger partial charge is 0.475 e. The summed E-state index contributed by atoms with van der Waals surface area (Å²) in [5.74, 6) is -2.76. The Kier molecular flexibility index (Phi) is 10.9. The molecule has 0 amide bonds. The van der Waals surface area contributed by atoms with E-state index in [1.165, 1.54) is 38.5 Å². The third-order valence-electron chi connectivity index (χ3n) is 1.70. The van der Waals surface area contributed by atoms with Crippen molar-refractivity contribution in [2.45, 2.75) is 58.5 Å². The average Bonchev–Trinajstić information content (AvgIpc) is 2.12. The van der Waals surface area contributed by atoms with Crippen LogP contribution in [0.15, 0.2) is 0 Å². The third-order valence-corrected chi connectivity index (χ3v) is 1.70. The quantitative estimate of drug-likeness (QED) is 0.722. The van der Waals surface area contributed by atoms with Crippen LogP contribution in [-0.2, 0) is 4.79 Å². The summed E-state index contributed by atoms with van der Waals surface area (Å²) in [6.07, 6.45) is 3.40. The highest BCUT2D eigenvalue weighted by atomic mass is 19.4. The third kappa shape index (κ3) is 16.0. The number of halogens is 3. The number of aliphatic carboxylic acids is 1. The van der Waals surface area contributed by atoms with Gasteiger partial charge in [0.2, 0.25) is 0 Å². The van der Waals surface area contributed by atoms with Gasteiger partial charge in [-0.1, -0.05) is 52.4 Å². The summed E-state index contributed by atoms with van der Waals surface area (Å²) in [6, 6.07) is 0. The van der Waals surface area contributed by atoms with Crippen molar-refractivity contribution in [1.82, 2.24) is 0 Å². The first-order chi connectivity index (χ1) is 6.86. The molecule has 0 aromatic rings. The lowest BCUT2D eigenvalue weighted by Crippen LogP contribution is -2.21. The topological polar surface area (TPSA) is 37.3 Å². The fourth-order valence-corrected chi connectivity index (χ4v) is 0.854. The van der Waals surface area contributed by atoms with Gasteiger partial charge in [-0.2, -0.15) is 13.2 Å². The maximum absolute atomic E-state index is 10.6. The van der Waals surface area contributed by atoms with Gasteiger partial charge in [0.05, 0.1) is 0 Å². The molecule has 5 heteroatoms. The van der Waals surface area contributed by atoms with Crippen molar-refractivity contribution in [2.75, 3.05) is 0 Å². The Balaban J connectivity index is 0. The lowest BCUT2D eigenvalue weighted by molar-refractivity contribution is -0.192. The molecule has 0 saturated heterocycles. The second-order valence-electron chi connectivity index (χ2n) is 3.22. The monoisotopic (exact) mass is 228 g/mol. The van der Waals surface area contributed by atoms with Gasteiger partial charge in [-0.3, -0.25) is 0 Å². The minimum absolute atomic E-state index is 1.36. The van der Waals surface area contributed by atoms with Crippen molar-refractivity contribution < 1.29 is 23.1 Å². The van der Waals surface area contributed by atoms with Crippen molar-refractivity contribution >= 4 is 5.97 Å². The van der Waals surface area contributed by atoms with Crippen molar-refractivity contribution in [3.63, 3.8) is 0 Å². The molecule has 15 heavy (non-hydrogen) atoms. The van der Waals surface area contributed by atoms with Gasteiger partial charge in [0.25, 0.3) is 0 Å². The van der Waals surface area contributed by atoms with E-state index in [0.29, 0.717) is 0 Å². The Labute approximate surface area is 88.5 Å². The number of carboxylic acids is 1. The molecule has 0 aliphatic heterocycles. The molecular weight excluding hydrogens is 209 g/mol. The van der Waals surface area contributed by atoms with Crippen LogP contribution >= 0.6 is 0 Å². The fourth-order valence-electron chi connectivity index (χ4n) is 0.854. The van der Waals surface area contributed by atoms with E-state index < -0.39 is 12.1 Å². The molecule has 0 aliphatic carbocycles. The van der Waals surface area contributed by atoms with E-state index in [2.05, 4.69) is 13.8 Å². The Morgan fingerprint density at radius 3 is 1.40 bits per heavy atom. The van der Waals surface area contributed by atoms with Crippen molar-refractivity contribution in [2.24, 2.45) is 0 Å². The summed E-state index contributed by atoms with van der Waals surface area (Å²) in [5.41, 5.74) is 0. The molecule has 0 aromatic heterocycles. The number of carboxylic acid groups (broad SMARTS) is 1. The van der Waals surface area contributed by atoms with Crippen LogP contribution in [0.4, 0.5) is 13.2 Å². The zero-order chi connectivity index (χ0) is 12.3. The minimum Gasteiger partial charge on any atom is -0.475 e. The fraction of sp³-hybridized carbons (Fsp3) is 0.900. The molecular formula is C10H19F3O2. The molecule has 0 unspecified atom stereocenters. The number of unbranched alkanes of at least 4 members (excludes halogenated alkanes) is 5. The predicted octanol–water partition coefficient (Wildman–Crippen LogP) is 4.00. The van der Waals surface area contributed by atoms with Gasteiger partial charge < -0.3 is 5.11 Å². The van der Waals surface area contributed by atoms with Gasteiger partial charge in [0, 0.05) is 0 Å². The Bertz CT molecular complexity index is 149. The molecule has 0 radical (unpaired) electrons. The highest BCUT2D eigenvalue weighted by Gasteiger charge is 2.38. The van der Waals surface area contributed by atoms with Gasteiger partial charge in [0.15, 0.2) is 0 Å². The van der Waals surface area contributed by atoms with E-state index in [0.717, 1.165) is 0 Å². The summed E-state index contributed by atoms with van der Waals surface area (Å²) in [4.78, 5) is 8.90. The molecule has 0 heterocycles. The van der Waals surface area contributed by atoms with Crippen molar-refractivity contribution in [3.05, 3.63) is 0 Å². The molecule has 0 rings (SSSR count). The van der Waals surface area contributed by atoms with Crippen LogP contribution in [0.25, 0.3) is 0 Å². The molecule has 0 bridgehead atoms. The number of alkyl halides is 3. The first kappa shape index (κ1) is 16.7. The van der Waals surface area contributed by atoms with Gasteiger partial charge in [0.1, 0.15) is 0 Å². The van der Waals surface area contributed by atoms with E-state index in [1.54, 1.807) is 0 Å². The lowest BCUT2D eigenvalue weighted by atomic mass is 10.1. The van der Waals surface area contributed by atoms with Gasteiger partial charge in [-0.25, -0.2) is 4.79 Å². The average molecular weight is 228 g/mol. The van der Waals surface area contributed by atoms with Crippen LogP contribution in [0.3, 0.4) is 0 Å². The van der Waals surface area contributed by atoms with Crippen LogP contribution in [0.2, 0.25) is 0 Å². The Hall–Kier alpha value is -0.740. The largest absolute Gasteiger partial charge is 0.490 e. The number of hydrogen-bond acceptors (Lipinski definition) is 1. The van der Waals surface area contributed by atoms with Gasteiger partial charge in [-0.05, 0) is 0 Å². The van der Waals surface area contributed by atoms with E-state index in [1.807, 2.05) is 0 Å². The summed E-state index contributed by atoms with van der Waals surface area (Å²) in [5, 5.41) is 7.12. The lowest BCUT2D eigenvalue weighted by Gasteiger charge is -1.93. The molecule has 0 atom stereocenters. The van der Waals surface area contributed by atoms with E-state index in [4.69, 9.17) is 9.90 Å². The molecule has 0 aromatic carbocycles. The van der Waals surface area contributed by atoms with E-state index in [-0.39, 0.29) is 0 Å². The molecule has 1 N–H and O–H groups in total. The van der Waals surface area contributed by atoms with Gasteiger partial charge >= 0.3 is 12.1 Å². The number of carbonyl (C=O) groups is 1. The van der Waals surface area contributed by atoms with Gasteiger partial charge in [-0.15, -0.1) is 0 Å². The minimum atomic E-state index is -5.08. The highest BCUT2D eigenvalue weighted by Crippen LogP contribution is 2.13. The molecule has 0 fully saturated rings. The van der Waals surface area contributed by atoms with E-state index in [9.17, 15) is 13.2 Å². The molecule has 92 valence electrons. The summed E-state index contributed by atoms with van der Waals surface area (Å²) >= 11 is 0. The van der Waals surface area contributed by atoms with Crippen molar-refractivity contribution in [1.29, 1.82) is 0 Å². The Morgan fingerprint density at radius 2 is 1.27 bits per heavy atom. The second kappa shape index (κ2) is 9.80. The normalized spacial score (nSPS) is 10.5. The van der Waals surface area contributed by atoms with Crippen molar-refractivity contribution in [3.8, 4) is 0 Å². The Morgan fingerprint density at radius 1 is 1.00 bits per heavy atom. The van der Waals surface area contributed by atoms with E-state index >= 15 is 0 Å². The first-order valence-corrected chi connectivity index (χ1v) is 5.16. The first-order valence-electron chi connectivity index (χ1n) is 5.16. The van der Waals surface area contributed by atoms with Crippen LogP contribution < -0.4 is 0 Å². The SMILES string of the molecule is CCCCCCCC.O=C(O)C(F)(F)F. The summed E-state index contributed by atoms with van der Waals surface area (Å²) in [7, 11) is 0. The maximum Gasteiger partial charge on any atom is 0.490 e. The molecule has 0 saturated carbocycles. The van der Waals surface area contributed by atoms with Crippen LogP contribution in [0.5, 0.6) is 0 Å². The zero-order valence-corrected chi connectivity index (χ0v) is 9.23. The molecule has 0 aliphatic rings. The van der Waals surface area contributed by atoms with Crippen LogP contribution in [-0.4, -0.2) is 17.3 Å². The number of hydrogen-bond donors (Lipinski definition) is 1. The molecule has 2 nitrogen and oxygen atoms in total. The maximum atomic E-state index is 10.6. The van der Waals surface area contributed by atoms with Crippen LogP contribution in [0, 0.1) is 0 Å². The standard InChI is InChI=1S/C8H18.C2HF3O2/c1-3-5-7-8-6-4-2;3-2(4,5)1(6)7/h3-8H2,1-2H3;(H,6,7). The second-order valence-corrected chi connectivity index (χ2v) is 3.22.